The van der Waals surface area contributed by atoms with Crippen molar-refractivity contribution in [1.29, 1.82) is 0 Å². The molecule has 21 heavy (non-hydrogen) atoms. The number of hydrogen-bond acceptors (Lipinski definition) is 5. The van der Waals surface area contributed by atoms with Gasteiger partial charge in [0.25, 0.3) is 0 Å². The number of nitrogens with zero attached hydrogens (tertiary/aromatic N) is 1. The van der Waals surface area contributed by atoms with Crippen LogP contribution in [0.1, 0.15) is 11.1 Å². The van der Waals surface area contributed by atoms with Crippen molar-refractivity contribution in [2.24, 2.45) is 5.16 Å². The van der Waals surface area contributed by atoms with Crippen LogP contribution in [-0.4, -0.2) is 20.1 Å². The second-order valence-electron chi connectivity index (χ2n) is 4.45. The van der Waals surface area contributed by atoms with E-state index >= 15 is 0 Å². The maximum atomic E-state index is 5.35. The zero-order chi connectivity index (χ0) is 14.5. The maximum Gasteiger partial charge on any atom is 0.231 e. The summed E-state index contributed by atoms with van der Waals surface area (Å²) in [6.45, 7) is 0.635. The van der Waals surface area contributed by atoms with Crippen LogP contribution in [0.15, 0.2) is 47.6 Å². The van der Waals surface area contributed by atoms with E-state index < -0.39 is 0 Å². The second kappa shape index (κ2) is 6.17. The van der Waals surface area contributed by atoms with E-state index in [1.807, 2.05) is 42.5 Å². The van der Waals surface area contributed by atoms with E-state index in [1.54, 1.807) is 13.3 Å². The molecule has 1 aliphatic rings. The van der Waals surface area contributed by atoms with Crippen LogP contribution in [0, 0.1) is 0 Å². The SMILES string of the molecule is COc1cc(/C=N/OCc2ccccc2)cc2c1OCO2. The van der Waals surface area contributed by atoms with E-state index in [0.29, 0.717) is 23.9 Å². The molecule has 0 spiro atoms. The topological polar surface area (TPSA) is 49.3 Å². The van der Waals surface area contributed by atoms with Crippen LogP contribution in [0.5, 0.6) is 17.2 Å². The van der Waals surface area contributed by atoms with Gasteiger partial charge in [-0.2, -0.15) is 0 Å². The molecule has 5 nitrogen and oxygen atoms in total. The molecule has 0 aromatic heterocycles. The van der Waals surface area contributed by atoms with Gasteiger partial charge in [-0.3, -0.25) is 0 Å². The third-order valence-electron chi connectivity index (χ3n) is 3.03. The summed E-state index contributed by atoms with van der Waals surface area (Å²) in [4.78, 5) is 5.27. The third kappa shape index (κ3) is 3.08. The first-order chi connectivity index (χ1) is 10.4. The molecule has 0 saturated carbocycles. The van der Waals surface area contributed by atoms with Crippen LogP contribution in [0.2, 0.25) is 0 Å². The Bertz CT molecular complexity index is 640. The van der Waals surface area contributed by atoms with Crippen LogP contribution in [0.4, 0.5) is 0 Å². The molecular formula is C16H15NO4. The lowest BCUT2D eigenvalue weighted by Crippen LogP contribution is -1.93. The van der Waals surface area contributed by atoms with Gasteiger partial charge in [0.2, 0.25) is 12.5 Å². The summed E-state index contributed by atoms with van der Waals surface area (Å²) in [6.07, 6.45) is 1.62. The van der Waals surface area contributed by atoms with Gasteiger partial charge >= 0.3 is 0 Å². The molecule has 3 rings (SSSR count). The fraction of sp³-hybridized carbons (Fsp3) is 0.188. The molecular weight excluding hydrogens is 270 g/mol. The number of benzene rings is 2. The summed E-state index contributed by atoms with van der Waals surface area (Å²) >= 11 is 0. The highest BCUT2D eigenvalue weighted by Crippen LogP contribution is 2.41. The normalized spacial score (nSPS) is 12.6. The number of methoxy groups -OCH3 is 1. The van der Waals surface area contributed by atoms with Gasteiger partial charge in [0.15, 0.2) is 11.5 Å². The lowest BCUT2D eigenvalue weighted by atomic mass is 10.2. The standard InChI is InChI=1S/C16H15NO4/c1-18-14-7-13(8-15-16(14)20-11-19-15)9-17-21-10-12-5-3-2-4-6-12/h2-9H,10-11H2,1H3/b17-9+. The minimum atomic E-state index is 0.205. The molecule has 1 aliphatic heterocycles. The van der Waals surface area contributed by atoms with Crippen LogP contribution < -0.4 is 14.2 Å². The van der Waals surface area contributed by atoms with Gasteiger partial charge in [0, 0.05) is 5.56 Å². The Morgan fingerprint density at radius 3 is 2.86 bits per heavy atom. The molecule has 0 atom stereocenters. The first-order valence-corrected chi connectivity index (χ1v) is 6.54. The zero-order valence-corrected chi connectivity index (χ0v) is 11.6. The van der Waals surface area contributed by atoms with Crippen LogP contribution in [0.25, 0.3) is 0 Å². The second-order valence-corrected chi connectivity index (χ2v) is 4.45. The van der Waals surface area contributed by atoms with Crippen molar-refractivity contribution in [1.82, 2.24) is 0 Å². The Kier molecular flexibility index (Phi) is 3.91. The first kappa shape index (κ1) is 13.3. The number of oxime groups is 1. The number of rotatable bonds is 5. The molecule has 0 unspecified atom stereocenters. The molecule has 0 bridgehead atoms. The van der Waals surface area contributed by atoms with Gasteiger partial charge in [-0.25, -0.2) is 0 Å². The molecule has 0 saturated heterocycles. The number of ether oxygens (including phenoxy) is 3. The van der Waals surface area contributed by atoms with E-state index in [0.717, 1.165) is 11.1 Å². The highest BCUT2D eigenvalue weighted by Gasteiger charge is 2.19. The first-order valence-electron chi connectivity index (χ1n) is 6.54. The van der Waals surface area contributed by atoms with Gasteiger partial charge < -0.3 is 19.0 Å². The Balaban J connectivity index is 1.66. The summed E-state index contributed by atoms with van der Waals surface area (Å²) < 4.78 is 16.0. The van der Waals surface area contributed by atoms with Crippen molar-refractivity contribution in [3.8, 4) is 17.2 Å². The Labute approximate surface area is 122 Å². The van der Waals surface area contributed by atoms with Crippen molar-refractivity contribution in [2.45, 2.75) is 6.61 Å². The third-order valence-corrected chi connectivity index (χ3v) is 3.03. The summed E-state index contributed by atoms with van der Waals surface area (Å²) in [5.41, 5.74) is 1.89. The van der Waals surface area contributed by atoms with E-state index in [-0.39, 0.29) is 6.79 Å². The Morgan fingerprint density at radius 1 is 1.19 bits per heavy atom. The number of fused-ring (bicyclic) bond motifs is 1. The Hall–Kier alpha value is -2.69. The minimum absolute atomic E-state index is 0.205. The average molecular weight is 285 g/mol. The van der Waals surface area contributed by atoms with Crippen LogP contribution in [0.3, 0.4) is 0 Å². The van der Waals surface area contributed by atoms with Gasteiger partial charge in [-0.05, 0) is 17.7 Å². The molecule has 0 radical (unpaired) electrons. The molecule has 0 fully saturated rings. The summed E-state index contributed by atoms with van der Waals surface area (Å²) in [5, 5.41) is 3.96. The van der Waals surface area contributed by atoms with Gasteiger partial charge in [-0.1, -0.05) is 35.5 Å². The van der Waals surface area contributed by atoms with E-state index in [2.05, 4.69) is 5.16 Å². The fourth-order valence-electron chi connectivity index (χ4n) is 2.01. The van der Waals surface area contributed by atoms with Gasteiger partial charge in [0.05, 0.1) is 13.3 Å². The molecule has 5 heteroatoms. The van der Waals surface area contributed by atoms with Crippen molar-refractivity contribution in [2.75, 3.05) is 13.9 Å². The largest absolute Gasteiger partial charge is 0.493 e. The quantitative estimate of drug-likeness (QED) is 0.626. The average Bonchev–Trinajstić information content (AvgIpc) is 3.00. The predicted molar refractivity (Wildman–Crippen MR) is 77.9 cm³/mol. The van der Waals surface area contributed by atoms with Gasteiger partial charge in [-0.15, -0.1) is 0 Å². The molecule has 2 aromatic carbocycles. The molecule has 108 valence electrons. The summed E-state index contributed by atoms with van der Waals surface area (Å²) in [5.74, 6) is 1.90. The zero-order valence-electron chi connectivity index (χ0n) is 11.6. The Morgan fingerprint density at radius 2 is 2.05 bits per heavy atom. The predicted octanol–water partition coefficient (Wildman–Crippen LogP) is 2.97. The molecule has 0 N–H and O–H groups in total. The molecule has 0 aliphatic carbocycles. The minimum Gasteiger partial charge on any atom is -0.493 e. The van der Waals surface area contributed by atoms with E-state index in [1.165, 1.54) is 0 Å². The number of hydrogen-bond donors (Lipinski definition) is 0. The smallest absolute Gasteiger partial charge is 0.231 e. The van der Waals surface area contributed by atoms with Gasteiger partial charge in [0.1, 0.15) is 6.61 Å². The van der Waals surface area contributed by atoms with E-state index in [9.17, 15) is 0 Å². The fourth-order valence-corrected chi connectivity index (χ4v) is 2.01. The van der Waals surface area contributed by atoms with E-state index in [4.69, 9.17) is 19.0 Å². The monoisotopic (exact) mass is 285 g/mol. The van der Waals surface area contributed by atoms with Crippen LogP contribution >= 0.6 is 0 Å². The molecule has 0 amide bonds. The lowest BCUT2D eigenvalue weighted by molar-refractivity contribution is 0.132. The van der Waals surface area contributed by atoms with Crippen LogP contribution in [-0.2, 0) is 11.4 Å². The summed E-state index contributed by atoms with van der Waals surface area (Å²) in [7, 11) is 1.59. The maximum absolute atomic E-state index is 5.35. The van der Waals surface area contributed by atoms with Crippen molar-refractivity contribution in [3.05, 3.63) is 53.6 Å². The highest BCUT2D eigenvalue weighted by atomic mass is 16.7. The van der Waals surface area contributed by atoms with Crippen molar-refractivity contribution >= 4 is 6.21 Å². The van der Waals surface area contributed by atoms with Crippen molar-refractivity contribution < 1.29 is 19.0 Å². The lowest BCUT2D eigenvalue weighted by Gasteiger charge is -2.05. The highest BCUT2D eigenvalue weighted by molar-refractivity contribution is 5.82. The molecule has 2 aromatic rings. The molecule has 1 heterocycles. The summed E-state index contributed by atoms with van der Waals surface area (Å²) in [6, 6.07) is 13.5. The van der Waals surface area contributed by atoms with Crippen molar-refractivity contribution in [3.63, 3.8) is 0 Å².